The Morgan fingerprint density at radius 2 is 1.48 bits per heavy atom. The molecule has 0 bridgehead atoms. The van der Waals surface area contributed by atoms with Crippen LogP contribution in [0.1, 0.15) is 47.0 Å². The van der Waals surface area contributed by atoms with Gasteiger partial charge in [0, 0.05) is 6.54 Å². The lowest BCUT2D eigenvalue weighted by molar-refractivity contribution is -0.144. The number of carbonyl (C=O) groups excluding carboxylic acids is 3. The first kappa shape index (κ1) is 30.1. The molecule has 0 aromatic carbocycles. The van der Waals surface area contributed by atoms with Gasteiger partial charge >= 0.3 is 5.97 Å². The number of amides is 3. The lowest BCUT2D eigenvalue weighted by Crippen LogP contribution is -2.59. The minimum atomic E-state index is -1.42. The minimum absolute atomic E-state index is 0.117. The molecule has 0 aromatic heterocycles. The molecular formula is C20H39N7O6. The van der Waals surface area contributed by atoms with Gasteiger partial charge in [-0.1, -0.05) is 34.1 Å². The number of aliphatic imine (C=N–C) groups is 1. The summed E-state index contributed by atoms with van der Waals surface area (Å²) in [5.74, 6) is -4.06. The fourth-order valence-corrected chi connectivity index (χ4v) is 2.75. The number of carboxylic acid groups (broad SMARTS) is 1. The van der Waals surface area contributed by atoms with Crippen LogP contribution in [0.25, 0.3) is 0 Å². The Morgan fingerprint density at radius 1 is 0.939 bits per heavy atom. The first-order chi connectivity index (χ1) is 15.3. The van der Waals surface area contributed by atoms with E-state index in [0.29, 0.717) is 12.8 Å². The maximum absolute atomic E-state index is 12.8. The second-order valence-corrected chi connectivity index (χ2v) is 8.23. The summed E-state index contributed by atoms with van der Waals surface area (Å²) in [6.45, 7) is 6.36. The first-order valence-corrected chi connectivity index (χ1v) is 10.9. The number of nitrogens with two attached hydrogens (primary N) is 3. The van der Waals surface area contributed by atoms with E-state index in [-0.39, 0.29) is 30.8 Å². The van der Waals surface area contributed by atoms with E-state index in [4.69, 9.17) is 17.2 Å². The summed E-state index contributed by atoms with van der Waals surface area (Å²) in [6.07, 6.45) is 0.954. The lowest BCUT2D eigenvalue weighted by Gasteiger charge is -2.26. The van der Waals surface area contributed by atoms with Crippen LogP contribution in [0.4, 0.5) is 0 Å². The Hall–Kier alpha value is -2.93. The molecule has 0 saturated heterocycles. The molecule has 0 radical (unpaired) electrons. The Balaban J connectivity index is 5.39. The van der Waals surface area contributed by atoms with Gasteiger partial charge in [-0.15, -0.1) is 0 Å². The van der Waals surface area contributed by atoms with E-state index in [1.807, 2.05) is 0 Å². The molecule has 5 atom stereocenters. The van der Waals surface area contributed by atoms with Crippen molar-refractivity contribution in [2.45, 2.75) is 71.1 Å². The molecule has 33 heavy (non-hydrogen) atoms. The van der Waals surface area contributed by atoms with Gasteiger partial charge in [0.05, 0.1) is 12.6 Å². The number of guanidine groups is 1. The van der Waals surface area contributed by atoms with Crippen molar-refractivity contribution in [1.82, 2.24) is 16.0 Å². The number of nitrogens with zero attached hydrogens (tertiary/aromatic N) is 1. The van der Waals surface area contributed by atoms with Crippen LogP contribution in [0.5, 0.6) is 0 Å². The second-order valence-electron chi connectivity index (χ2n) is 8.23. The SMILES string of the molecule is CCC(C)C(NC(=O)C(CO)NC(=O)C(CCCN=C(N)N)NC(=O)C(N)C(C)C)C(=O)O. The van der Waals surface area contributed by atoms with Gasteiger partial charge in [0.15, 0.2) is 5.96 Å². The maximum atomic E-state index is 12.8. The van der Waals surface area contributed by atoms with E-state index in [2.05, 4.69) is 20.9 Å². The molecular weight excluding hydrogens is 434 g/mol. The monoisotopic (exact) mass is 473 g/mol. The summed E-state index contributed by atoms with van der Waals surface area (Å²) in [5, 5.41) is 26.2. The summed E-state index contributed by atoms with van der Waals surface area (Å²) in [5.41, 5.74) is 16.4. The summed E-state index contributed by atoms with van der Waals surface area (Å²) in [7, 11) is 0. The van der Waals surface area contributed by atoms with Crippen molar-refractivity contribution >= 4 is 29.7 Å². The predicted octanol–water partition coefficient (Wildman–Crippen LogP) is -2.40. The molecule has 0 aromatic rings. The third kappa shape index (κ3) is 11.0. The van der Waals surface area contributed by atoms with E-state index >= 15 is 0 Å². The van der Waals surface area contributed by atoms with Crippen molar-refractivity contribution in [3.63, 3.8) is 0 Å². The van der Waals surface area contributed by atoms with Crippen molar-refractivity contribution in [3.05, 3.63) is 0 Å². The fraction of sp³-hybridized carbons (Fsp3) is 0.750. The zero-order chi connectivity index (χ0) is 25.7. The van der Waals surface area contributed by atoms with Gasteiger partial charge in [-0.05, 0) is 24.7 Å². The van der Waals surface area contributed by atoms with Gasteiger partial charge < -0.3 is 43.4 Å². The van der Waals surface area contributed by atoms with Crippen LogP contribution in [0.15, 0.2) is 4.99 Å². The second kappa shape index (κ2) is 15.0. The molecule has 0 saturated carbocycles. The first-order valence-electron chi connectivity index (χ1n) is 10.9. The largest absolute Gasteiger partial charge is 0.480 e. The van der Waals surface area contributed by atoms with Gasteiger partial charge in [-0.3, -0.25) is 19.4 Å². The molecule has 0 spiro atoms. The van der Waals surface area contributed by atoms with Crippen LogP contribution in [0.2, 0.25) is 0 Å². The van der Waals surface area contributed by atoms with E-state index in [0.717, 1.165) is 0 Å². The van der Waals surface area contributed by atoms with Crippen molar-refractivity contribution in [1.29, 1.82) is 0 Å². The average molecular weight is 474 g/mol. The number of hydrogen-bond donors (Lipinski definition) is 8. The van der Waals surface area contributed by atoms with Crippen LogP contribution in [0, 0.1) is 11.8 Å². The normalized spacial score (nSPS) is 15.5. The number of carbonyl (C=O) groups is 4. The summed E-state index contributed by atoms with van der Waals surface area (Å²) >= 11 is 0. The van der Waals surface area contributed by atoms with Gasteiger partial charge in [-0.2, -0.15) is 0 Å². The van der Waals surface area contributed by atoms with Crippen molar-refractivity contribution in [2.75, 3.05) is 13.2 Å². The van der Waals surface area contributed by atoms with Gasteiger partial charge in [-0.25, -0.2) is 4.79 Å². The lowest BCUT2D eigenvalue weighted by atomic mass is 9.99. The predicted molar refractivity (Wildman–Crippen MR) is 123 cm³/mol. The smallest absolute Gasteiger partial charge is 0.326 e. The Bertz CT molecular complexity index is 696. The van der Waals surface area contributed by atoms with Crippen LogP contribution in [-0.4, -0.2) is 77.2 Å². The van der Waals surface area contributed by atoms with E-state index in [1.165, 1.54) is 0 Å². The highest BCUT2D eigenvalue weighted by atomic mass is 16.4. The molecule has 3 amide bonds. The molecule has 190 valence electrons. The van der Waals surface area contributed by atoms with Crippen molar-refractivity contribution < 1.29 is 29.4 Å². The van der Waals surface area contributed by atoms with Gasteiger partial charge in [0.2, 0.25) is 17.7 Å². The van der Waals surface area contributed by atoms with Crippen molar-refractivity contribution in [2.24, 2.45) is 34.0 Å². The molecule has 0 aliphatic heterocycles. The highest BCUT2D eigenvalue weighted by Crippen LogP contribution is 2.09. The number of nitrogens with one attached hydrogen (secondary N) is 3. The van der Waals surface area contributed by atoms with E-state index in [9.17, 15) is 29.4 Å². The topological polar surface area (TPSA) is 235 Å². The molecule has 0 fully saturated rings. The Morgan fingerprint density at radius 3 is 1.94 bits per heavy atom. The highest BCUT2D eigenvalue weighted by Gasteiger charge is 2.31. The molecule has 0 rings (SSSR count). The Kier molecular flexibility index (Phi) is 13.7. The summed E-state index contributed by atoms with van der Waals surface area (Å²) < 4.78 is 0. The number of aliphatic carboxylic acids is 1. The molecule has 13 heteroatoms. The number of aliphatic hydroxyl groups excluding tert-OH is 1. The zero-order valence-corrected chi connectivity index (χ0v) is 19.7. The number of rotatable bonds is 15. The minimum Gasteiger partial charge on any atom is -0.480 e. The fourth-order valence-electron chi connectivity index (χ4n) is 2.75. The number of aliphatic hydroxyl groups is 1. The molecule has 0 aliphatic carbocycles. The summed E-state index contributed by atoms with van der Waals surface area (Å²) in [6, 6.07) is -4.54. The highest BCUT2D eigenvalue weighted by molar-refractivity contribution is 5.94. The van der Waals surface area contributed by atoms with E-state index < -0.39 is 54.5 Å². The number of hydrogen-bond acceptors (Lipinski definition) is 7. The molecule has 11 N–H and O–H groups in total. The van der Waals surface area contributed by atoms with Gasteiger partial charge in [0.25, 0.3) is 0 Å². The third-order valence-electron chi connectivity index (χ3n) is 5.19. The van der Waals surface area contributed by atoms with Crippen LogP contribution < -0.4 is 33.2 Å². The molecule has 5 unspecified atom stereocenters. The van der Waals surface area contributed by atoms with Crippen LogP contribution in [0.3, 0.4) is 0 Å². The average Bonchev–Trinajstić information content (AvgIpc) is 2.75. The quantitative estimate of drug-likeness (QED) is 0.0717. The maximum Gasteiger partial charge on any atom is 0.326 e. The third-order valence-corrected chi connectivity index (χ3v) is 5.19. The molecule has 0 aliphatic rings. The van der Waals surface area contributed by atoms with Crippen LogP contribution >= 0.6 is 0 Å². The number of carboxylic acids is 1. The zero-order valence-electron chi connectivity index (χ0n) is 19.7. The Labute approximate surface area is 193 Å². The summed E-state index contributed by atoms with van der Waals surface area (Å²) in [4.78, 5) is 53.0. The molecule has 0 heterocycles. The van der Waals surface area contributed by atoms with Crippen LogP contribution in [-0.2, 0) is 19.2 Å². The van der Waals surface area contributed by atoms with Crippen molar-refractivity contribution in [3.8, 4) is 0 Å². The van der Waals surface area contributed by atoms with Gasteiger partial charge in [0.1, 0.15) is 18.1 Å². The standard InChI is InChI=1S/C20H39N7O6/c1-5-11(4)15(19(32)33)27-17(30)13(9-28)26-16(29)12(7-6-8-24-20(22)23)25-18(31)14(21)10(2)3/h10-15,28H,5-9,21H2,1-4H3,(H,25,31)(H,26,29)(H,27,30)(H,32,33)(H4,22,23,24). The van der Waals surface area contributed by atoms with E-state index in [1.54, 1.807) is 27.7 Å². The molecule has 13 nitrogen and oxygen atoms in total.